The van der Waals surface area contributed by atoms with Gasteiger partial charge in [0.15, 0.2) is 6.61 Å². The number of aromatic nitrogens is 2. The van der Waals surface area contributed by atoms with Crippen LogP contribution in [0.3, 0.4) is 0 Å². The van der Waals surface area contributed by atoms with Crippen molar-refractivity contribution in [3.63, 3.8) is 0 Å². The number of rotatable bonds is 5. The molecule has 0 aliphatic carbocycles. The second-order valence-corrected chi connectivity index (χ2v) is 5.07. The standard InChI is InChI=1S/C14H20N2O2/c1-5-6-8-17-12-10-13(16-11-15-12)18-9-7-14(2,3)4/h10-11H,7-9H2,1-4H3. The fraction of sp³-hybridized carbons (Fsp3) is 0.571. The molecule has 1 aromatic rings. The highest BCUT2D eigenvalue weighted by Gasteiger charge is 2.10. The van der Waals surface area contributed by atoms with Crippen molar-refractivity contribution in [2.24, 2.45) is 5.41 Å². The van der Waals surface area contributed by atoms with E-state index in [1.54, 1.807) is 13.0 Å². The summed E-state index contributed by atoms with van der Waals surface area (Å²) in [6, 6.07) is 1.68. The Morgan fingerprint density at radius 3 is 2.44 bits per heavy atom. The van der Waals surface area contributed by atoms with E-state index >= 15 is 0 Å². The zero-order valence-corrected chi connectivity index (χ0v) is 11.5. The average molecular weight is 248 g/mol. The molecule has 1 heterocycles. The van der Waals surface area contributed by atoms with E-state index in [-0.39, 0.29) is 5.41 Å². The van der Waals surface area contributed by atoms with E-state index in [0.29, 0.717) is 25.0 Å². The molecule has 1 rings (SSSR count). The third-order valence-corrected chi connectivity index (χ3v) is 2.19. The number of ether oxygens (including phenoxy) is 2. The van der Waals surface area contributed by atoms with E-state index < -0.39 is 0 Å². The first kappa shape index (κ1) is 14.3. The van der Waals surface area contributed by atoms with Crippen LogP contribution in [-0.2, 0) is 0 Å². The molecule has 4 nitrogen and oxygen atoms in total. The molecule has 0 N–H and O–H groups in total. The summed E-state index contributed by atoms with van der Waals surface area (Å²) in [5, 5.41) is 0. The second-order valence-electron chi connectivity index (χ2n) is 5.07. The lowest BCUT2D eigenvalue weighted by molar-refractivity contribution is 0.234. The van der Waals surface area contributed by atoms with Gasteiger partial charge >= 0.3 is 0 Å². The summed E-state index contributed by atoms with van der Waals surface area (Å²) in [5.41, 5.74) is 0.253. The lowest BCUT2D eigenvalue weighted by Crippen LogP contribution is -2.11. The van der Waals surface area contributed by atoms with E-state index in [0.717, 1.165) is 6.42 Å². The first-order valence-electron chi connectivity index (χ1n) is 5.98. The van der Waals surface area contributed by atoms with E-state index in [9.17, 15) is 0 Å². The molecule has 0 aliphatic heterocycles. The van der Waals surface area contributed by atoms with Crippen LogP contribution in [0.15, 0.2) is 12.4 Å². The highest BCUT2D eigenvalue weighted by atomic mass is 16.5. The van der Waals surface area contributed by atoms with Crippen molar-refractivity contribution in [3.05, 3.63) is 12.4 Å². The minimum Gasteiger partial charge on any atom is -0.477 e. The zero-order valence-electron chi connectivity index (χ0n) is 11.5. The predicted molar refractivity (Wildman–Crippen MR) is 70.5 cm³/mol. The molecule has 0 unspecified atom stereocenters. The number of hydrogen-bond acceptors (Lipinski definition) is 4. The van der Waals surface area contributed by atoms with Gasteiger partial charge in [-0.15, -0.1) is 5.92 Å². The topological polar surface area (TPSA) is 44.2 Å². The average Bonchev–Trinajstić information content (AvgIpc) is 2.28. The summed E-state index contributed by atoms with van der Waals surface area (Å²) in [6.45, 7) is 9.25. The van der Waals surface area contributed by atoms with Crippen LogP contribution in [0.1, 0.15) is 34.1 Å². The van der Waals surface area contributed by atoms with Gasteiger partial charge in [0.2, 0.25) is 11.8 Å². The van der Waals surface area contributed by atoms with Gasteiger partial charge < -0.3 is 9.47 Å². The highest BCUT2D eigenvalue weighted by molar-refractivity contribution is 5.18. The molecule has 0 spiro atoms. The van der Waals surface area contributed by atoms with E-state index in [1.807, 2.05) is 0 Å². The van der Waals surface area contributed by atoms with Gasteiger partial charge in [-0.3, -0.25) is 0 Å². The monoisotopic (exact) mass is 248 g/mol. The molecule has 0 atom stereocenters. The van der Waals surface area contributed by atoms with E-state index in [4.69, 9.17) is 9.47 Å². The molecule has 98 valence electrons. The first-order chi connectivity index (χ1) is 8.51. The van der Waals surface area contributed by atoms with Gasteiger partial charge in [0.05, 0.1) is 12.7 Å². The van der Waals surface area contributed by atoms with Crippen molar-refractivity contribution in [2.75, 3.05) is 13.2 Å². The van der Waals surface area contributed by atoms with E-state index in [2.05, 4.69) is 42.6 Å². The lowest BCUT2D eigenvalue weighted by Gasteiger charge is -2.17. The lowest BCUT2D eigenvalue weighted by atomic mass is 9.93. The largest absolute Gasteiger partial charge is 0.477 e. The Hall–Kier alpha value is -1.76. The van der Waals surface area contributed by atoms with Gasteiger partial charge in [0, 0.05) is 0 Å². The smallest absolute Gasteiger partial charge is 0.221 e. The van der Waals surface area contributed by atoms with Crippen LogP contribution in [0, 0.1) is 17.3 Å². The Labute approximate surface area is 109 Å². The minimum absolute atomic E-state index is 0.253. The van der Waals surface area contributed by atoms with Crippen LogP contribution in [0.4, 0.5) is 0 Å². The molecular weight excluding hydrogens is 228 g/mol. The van der Waals surface area contributed by atoms with E-state index in [1.165, 1.54) is 6.33 Å². The Bertz CT molecular complexity index is 427. The summed E-state index contributed by atoms with van der Waals surface area (Å²) in [5.74, 6) is 6.58. The summed E-state index contributed by atoms with van der Waals surface area (Å²) >= 11 is 0. The van der Waals surface area contributed by atoms with Crippen LogP contribution in [-0.4, -0.2) is 23.2 Å². The fourth-order valence-electron chi connectivity index (χ4n) is 1.12. The molecule has 1 aromatic heterocycles. The molecule has 0 radical (unpaired) electrons. The minimum atomic E-state index is 0.253. The molecule has 0 aliphatic rings. The molecule has 0 fully saturated rings. The van der Waals surface area contributed by atoms with Gasteiger partial charge in [-0.2, -0.15) is 0 Å². The molecule has 0 saturated carbocycles. The van der Waals surface area contributed by atoms with Gasteiger partial charge in [-0.1, -0.05) is 26.7 Å². The molecule has 0 aromatic carbocycles. The van der Waals surface area contributed by atoms with Gasteiger partial charge in [-0.05, 0) is 18.8 Å². The Balaban J connectivity index is 2.45. The van der Waals surface area contributed by atoms with Crippen LogP contribution in [0.5, 0.6) is 11.8 Å². The molecule has 0 amide bonds. The quantitative estimate of drug-likeness (QED) is 0.751. The maximum Gasteiger partial charge on any atom is 0.221 e. The Morgan fingerprint density at radius 1 is 1.17 bits per heavy atom. The summed E-state index contributed by atoms with van der Waals surface area (Å²) in [4.78, 5) is 8.02. The van der Waals surface area contributed by atoms with Crippen LogP contribution in [0.2, 0.25) is 0 Å². The van der Waals surface area contributed by atoms with Crippen LogP contribution >= 0.6 is 0 Å². The van der Waals surface area contributed by atoms with Crippen molar-refractivity contribution >= 4 is 0 Å². The second kappa shape index (κ2) is 6.85. The zero-order chi connectivity index (χ0) is 13.4. The SMILES string of the molecule is CC#CCOc1cc(OCCC(C)(C)C)ncn1. The van der Waals surface area contributed by atoms with Gasteiger partial charge in [-0.25, -0.2) is 9.97 Å². The normalized spacial score (nSPS) is 10.4. The number of hydrogen-bond donors (Lipinski definition) is 0. The van der Waals surface area contributed by atoms with Crippen molar-refractivity contribution in [1.29, 1.82) is 0 Å². The van der Waals surface area contributed by atoms with Gasteiger partial charge in [0.1, 0.15) is 6.33 Å². The maximum atomic E-state index is 5.56. The van der Waals surface area contributed by atoms with Crippen LogP contribution in [0.25, 0.3) is 0 Å². The molecular formula is C14H20N2O2. The fourth-order valence-corrected chi connectivity index (χ4v) is 1.12. The summed E-state index contributed by atoms with van der Waals surface area (Å²) in [6.07, 6.45) is 2.40. The molecule has 18 heavy (non-hydrogen) atoms. The summed E-state index contributed by atoms with van der Waals surface area (Å²) in [7, 11) is 0. The maximum absolute atomic E-state index is 5.56. The molecule has 0 bridgehead atoms. The third kappa shape index (κ3) is 6.09. The van der Waals surface area contributed by atoms with Crippen molar-refractivity contribution in [1.82, 2.24) is 9.97 Å². The number of nitrogens with zero attached hydrogens (tertiary/aromatic N) is 2. The molecule has 0 saturated heterocycles. The highest BCUT2D eigenvalue weighted by Crippen LogP contribution is 2.19. The summed E-state index contributed by atoms with van der Waals surface area (Å²) < 4.78 is 10.9. The molecule has 4 heteroatoms. The van der Waals surface area contributed by atoms with Gasteiger partial charge in [0.25, 0.3) is 0 Å². The van der Waals surface area contributed by atoms with Crippen LogP contribution < -0.4 is 9.47 Å². The van der Waals surface area contributed by atoms with Crippen molar-refractivity contribution < 1.29 is 9.47 Å². The Morgan fingerprint density at radius 2 is 1.83 bits per heavy atom. The van der Waals surface area contributed by atoms with Crippen molar-refractivity contribution in [3.8, 4) is 23.6 Å². The van der Waals surface area contributed by atoms with Crippen molar-refractivity contribution in [2.45, 2.75) is 34.1 Å². The first-order valence-corrected chi connectivity index (χ1v) is 5.98. The predicted octanol–water partition coefficient (Wildman–Crippen LogP) is 2.69. The Kier molecular flexibility index (Phi) is 5.44. The third-order valence-electron chi connectivity index (χ3n) is 2.19.